The normalized spacial score (nSPS) is 12.9. The van der Waals surface area contributed by atoms with Gasteiger partial charge in [0.15, 0.2) is 0 Å². The minimum Gasteiger partial charge on any atom is -0.385 e. The molecule has 0 aliphatic carbocycles. The predicted octanol–water partition coefficient (Wildman–Crippen LogP) is 9.98. The molecule has 0 atom stereocenters. The van der Waals surface area contributed by atoms with Gasteiger partial charge in [-0.1, -0.05) is 91.9 Å². The Morgan fingerprint density at radius 1 is 0.700 bits per heavy atom. The van der Waals surface area contributed by atoms with Gasteiger partial charge in [0.2, 0.25) is 0 Å². The molecule has 3 nitrogen and oxygen atoms in total. The first kappa shape index (κ1) is 23.1. The summed E-state index contributed by atoms with van der Waals surface area (Å²) in [7, 11) is 0. The lowest BCUT2D eigenvalue weighted by Crippen LogP contribution is -2.07. The van der Waals surface area contributed by atoms with Crippen LogP contribution in [0.3, 0.4) is 0 Å². The van der Waals surface area contributed by atoms with Crippen LogP contribution in [0.1, 0.15) is 13.3 Å². The zero-order valence-electron chi connectivity index (χ0n) is 22.1. The molecule has 0 saturated carbocycles. The molecule has 0 bridgehead atoms. The number of thiophene rings is 1. The Kier molecular flexibility index (Phi) is 5.13. The molecule has 0 aliphatic heterocycles. The second-order valence-corrected chi connectivity index (χ2v) is 11.3. The molecule has 8 aromatic rings. The van der Waals surface area contributed by atoms with E-state index in [9.17, 15) is 0 Å². The number of nitrogens with two attached hydrogens (primary N) is 1. The Balaban J connectivity index is 1.76. The highest BCUT2D eigenvalue weighted by molar-refractivity contribution is 7.27. The van der Waals surface area contributed by atoms with Gasteiger partial charge in [-0.25, -0.2) is 0 Å². The van der Waals surface area contributed by atoms with Crippen LogP contribution in [0.25, 0.3) is 75.3 Å². The second-order valence-electron chi connectivity index (χ2n) is 10.2. The van der Waals surface area contributed by atoms with Crippen LogP contribution in [0.4, 0.5) is 0 Å². The molecule has 0 aliphatic rings. The highest BCUT2D eigenvalue weighted by Crippen LogP contribution is 2.50. The van der Waals surface area contributed by atoms with E-state index in [0.29, 0.717) is 5.82 Å². The predicted molar refractivity (Wildman–Crippen MR) is 175 cm³/mol. The second kappa shape index (κ2) is 8.87. The summed E-state index contributed by atoms with van der Waals surface area (Å²) in [5.74, 6) is 0.709. The average molecular weight is 534 g/mol. The first-order valence-electron chi connectivity index (χ1n) is 13.8. The van der Waals surface area contributed by atoms with Gasteiger partial charge in [-0.3, -0.25) is 4.57 Å². The van der Waals surface area contributed by atoms with Crippen LogP contribution in [-0.4, -0.2) is 9.13 Å². The third-order valence-electron chi connectivity index (χ3n) is 7.96. The van der Waals surface area contributed by atoms with Crippen LogP contribution in [0.5, 0.6) is 0 Å². The number of allylic oxidation sites excluding steroid dienone is 3. The SMILES string of the molecule is CC/C=C\C=C(/N)n1c2ccccc2c2c3c4ccccc4sc3c3c4ccccc4n(-c4ccccc4)c3c21. The molecule has 4 heteroatoms. The minimum atomic E-state index is 0.709. The van der Waals surface area contributed by atoms with Gasteiger partial charge in [0.25, 0.3) is 0 Å². The van der Waals surface area contributed by atoms with Crippen molar-refractivity contribution < 1.29 is 0 Å². The summed E-state index contributed by atoms with van der Waals surface area (Å²) in [6, 6.07) is 37.0. The number of nitrogens with zero attached hydrogens (tertiary/aromatic N) is 2. The van der Waals surface area contributed by atoms with Crippen molar-refractivity contribution in [3.8, 4) is 5.69 Å². The monoisotopic (exact) mass is 533 g/mol. The lowest BCUT2D eigenvalue weighted by Gasteiger charge is -2.13. The molecule has 0 amide bonds. The molecule has 3 aromatic heterocycles. The quantitative estimate of drug-likeness (QED) is 0.225. The van der Waals surface area contributed by atoms with Gasteiger partial charge in [-0.2, -0.15) is 0 Å². The molecule has 0 unspecified atom stereocenters. The lowest BCUT2D eigenvalue weighted by molar-refractivity contribution is 1.15. The van der Waals surface area contributed by atoms with Crippen LogP contribution >= 0.6 is 11.3 Å². The molecular formula is C36H27N3S. The Morgan fingerprint density at radius 3 is 2.12 bits per heavy atom. The Morgan fingerprint density at radius 2 is 1.35 bits per heavy atom. The molecular weight excluding hydrogens is 506 g/mol. The molecule has 8 rings (SSSR count). The maximum absolute atomic E-state index is 6.98. The average Bonchev–Trinajstić information content (AvgIpc) is 3.65. The number of fused-ring (bicyclic) bond motifs is 12. The zero-order valence-corrected chi connectivity index (χ0v) is 23.0. The van der Waals surface area contributed by atoms with E-state index in [1.807, 2.05) is 17.4 Å². The first-order chi connectivity index (χ1) is 19.8. The highest BCUT2D eigenvalue weighted by Gasteiger charge is 2.26. The van der Waals surface area contributed by atoms with E-state index >= 15 is 0 Å². The highest BCUT2D eigenvalue weighted by atomic mass is 32.1. The van der Waals surface area contributed by atoms with Crippen molar-refractivity contribution >= 4 is 80.9 Å². The van der Waals surface area contributed by atoms with Crippen molar-refractivity contribution in [2.75, 3.05) is 0 Å². The Bertz CT molecular complexity index is 2310. The smallest absolute Gasteiger partial charge is 0.108 e. The van der Waals surface area contributed by atoms with Gasteiger partial charge in [0.1, 0.15) is 5.82 Å². The number of aromatic nitrogens is 2. The summed E-state index contributed by atoms with van der Waals surface area (Å²) in [5.41, 5.74) is 12.8. The number of hydrogen-bond acceptors (Lipinski definition) is 2. The molecule has 5 aromatic carbocycles. The number of benzene rings is 5. The van der Waals surface area contributed by atoms with Crippen molar-refractivity contribution in [3.05, 3.63) is 121 Å². The van der Waals surface area contributed by atoms with E-state index in [0.717, 1.165) is 23.1 Å². The van der Waals surface area contributed by atoms with Crippen LogP contribution < -0.4 is 5.73 Å². The van der Waals surface area contributed by atoms with E-state index < -0.39 is 0 Å². The van der Waals surface area contributed by atoms with Crippen molar-refractivity contribution in [1.29, 1.82) is 0 Å². The fraction of sp³-hybridized carbons (Fsp3) is 0.0556. The van der Waals surface area contributed by atoms with Gasteiger partial charge in [0, 0.05) is 47.4 Å². The van der Waals surface area contributed by atoms with E-state index in [2.05, 4.69) is 131 Å². The van der Waals surface area contributed by atoms with Crippen molar-refractivity contribution in [3.63, 3.8) is 0 Å². The number of para-hydroxylation sites is 3. The summed E-state index contributed by atoms with van der Waals surface area (Å²) in [6.07, 6.45) is 7.21. The Labute approximate surface area is 235 Å². The third-order valence-corrected chi connectivity index (χ3v) is 9.15. The minimum absolute atomic E-state index is 0.709. The summed E-state index contributed by atoms with van der Waals surface area (Å²) in [6.45, 7) is 2.14. The van der Waals surface area contributed by atoms with Crippen molar-refractivity contribution in [2.45, 2.75) is 13.3 Å². The maximum Gasteiger partial charge on any atom is 0.108 e. The van der Waals surface area contributed by atoms with Gasteiger partial charge < -0.3 is 10.3 Å². The fourth-order valence-corrected chi connectivity index (χ4v) is 7.64. The zero-order chi connectivity index (χ0) is 26.8. The van der Waals surface area contributed by atoms with E-state index in [4.69, 9.17) is 5.73 Å². The number of hydrogen-bond donors (Lipinski definition) is 1. The Hall–Kier alpha value is -4.80. The molecule has 0 fully saturated rings. The van der Waals surface area contributed by atoms with Crippen LogP contribution in [0, 0.1) is 0 Å². The third kappa shape index (κ3) is 3.11. The standard InChI is InChI=1S/C36H27N3S/c1-2-3-5-22-30(37)39-28-20-12-8-16-24(28)31-32-26-18-10-13-21-29(26)40-36(32)33-25-17-9-11-19-27(25)38(35(33)34(31)39)23-14-6-4-7-15-23/h3-22H,2,37H2,1H3/b5-3-,30-22+. The number of rotatable bonds is 4. The molecule has 192 valence electrons. The van der Waals surface area contributed by atoms with E-state index in [1.165, 1.54) is 52.8 Å². The van der Waals surface area contributed by atoms with Crippen molar-refractivity contribution in [1.82, 2.24) is 9.13 Å². The van der Waals surface area contributed by atoms with Crippen molar-refractivity contribution in [2.24, 2.45) is 5.73 Å². The van der Waals surface area contributed by atoms with Crippen LogP contribution in [0.15, 0.2) is 121 Å². The lowest BCUT2D eigenvalue weighted by atomic mass is 10.0. The summed E-state index contributed by atoms with van der Waals surface area (Å²) in [5, 5.41) is 7.61. The van der Waals surface area contributed by atoms with Crippen LogP contribution in [0.2, 0.25) is 0 Å². The first-order valence-corrected chi connectivity index (χ1v) is 14.6. The van der Waals surface area contributed by atoms with Crippen LogP contribution in [-0.2, 0) is 0 Å². The molecule has 0 saturated heterocycles. The molecule has 3 heterocycles. The summed E-state index contributed by atoms with van der Waals surface area (Å²) in [4.78, 5) is 0. The van der Waals surface area contributed by atoms with Gasteiger partial charge in [-0.15, -0.1) is 11.3 Å². The topological polar surface area (TPSA) is 35.9 Å². The van der Waals surface area contributed by atoms with E-state index in [1.54, 1.807) is 0 Å². The molecule has 0 spiro atoms. The van der Waals surface area contributed by atoms with Gasteiger partial charge in [0.05, 0.1) is 22.1 Å². The maximum atomic E-state index is 6.98. The molecule has 2 N–H and O–H groups in total. The van der Waals surface area contributed by atoms with Gasteiger partial charge in [-0.05, 0) is 42.8 Å². The summed E-state index contributed by atoms with van der Waals surface area (Å²) < 4.78 is 7.33. The largest absolute Gasteiger partial charge is 0.385 e. The molecule has 40 heavy (non-hydrogen) atoms. The molecule has 0 radical (unpaired) electrons. The fourth-order valence-electron chi connectivity index (χ4n) is 6.37. The van der Waals surface area contributed by atoms with E-state index in [-0.39, 0.29) is 0 Å². The summed E-state index contributed by atoms with van der Waals surface area (Å²) >= 11 is 1.89. The van der Waals surface area contributed by atoms with Gasteiger partial charge >= 0.3 is 0 Å².